The predicted molar refractivity (Wildman–Crippen MR) is 190 cm³/mol. The van der Waals surface area contributed by atoms with E-state index in [0.717, 1.165) is 11.1 Å². The van der Waals surface area contributed by atoms with E-state index in [0.29, 0.717) is 21.9 Å². The van der Waals surface area contributed by atoms with Gasteiger partial charge in [-0.25, -0.2) is 0 Å². The summed E-state index contributed by atoms with van der Waals surface area (Å²) >= 11 is 0. The molecule has 9 aromatic rings. The Morgan fingerprint density at radius 2 is 1.02 bits per heavy atom. The molecule has 0 radical (unpaired) electrons. The van der Waals surface area contributed by atoms with Crippen LogP contribution in [0, 0.1) is 0 Å². The van der Waals surface area contributed by atoms with Crippen molar-refractivity contribution in [2.75, 3.05) is 0 Å². The van der Waals surface area contributed by atoms with Crippen molar-refractivity contribution in [1.82, 2.24) is 0 Å². The van der Waals surface area contributed by atoms with E-state index in [1.165, 1.54) is 0 Å². The van der Waals surface area contributed by atoms with Crippen LogP contribution in [0.25, 0.3) is 88.0 Å². The topological polar surface area (TPSA) is 13.1 Å². The molecule has 9 rings (SSSR count). The smallest absolute Gasteiger partial charge is 0.143 e. The van der Waals surface area contributed by atoms with Crippen LogP contribution < -0.4 is 0 Å². The lowest BCUT2D eigenvalue weighted by molar-refractivity contribution is 0.670. The molecule has 0 atom stereocenters. The zero-order valence-corrected chi connectivity index (χ0v) is 23.3. The van der Waals surface area contributed by atoms with Gasteiger partial charge < -0.3 is 4.42 Å². The van der Waals surface area contributed by atoms with Crippen LogP contribution in [0.15, 0.2) is 174 Å². The molecule has 0 amide bonds. The van der Waals surface area contributed by atoms with Crippen LogP contribution in [0.1, 0.15) is 23.3 Å². The predicted octanol–water partition coefficient (Wildman–Crippen LogP) is 12.6. The molecule has 0 fully saturated rings. The number of hydrogen-bond donors (Lipinski definition) is 0. The maximum Gasteiger partial charge on any atom is 0.143 e. The van der Waals surface area contributed by atoms with Crippen molar-refractivity contribution in [3.8, 4) is 44.5 Å². The second kappa shape index (κ2) is 10.4. The Morgan fingerprint density at radius 3 is 1.73 bits per heavy atom. The summed E-state index contributed by atoms with van der Waals surface area (Å²) in [4.78, 5) is 0. The van der Waals surface area contributed by atoms with E-state index in [-0.39, 0.29) is 11.1 Å². The van der Waals surface area contributed by atoms with Gasteiger partial charge >= 0.3 is 0 Å². The number of para-hydroxylation sites is 1. The average Bonchev–Trinajstić information content (AvgIpc) is 3.65. The van der Waals surface area contributed by atoms with Gasteiger partial charge in [-0.15, -0.1) is 0 Å². The van der Waals surface area contributed by atoms with Crippen molar-refractivity contribution in [3.63, 3.8) is 0 Å². The molecular weight excluding hydrogens is 544 g/mol. The quantitative estimate of drug-likeness (QED) is 0.186. The first-order valence-electron chi connectivity index (χ1n) is 22.6. The van der Waals surface area contributed by atoms with Gasteiger partial charge in [0.1, 0.15) is 11.2 Å². The molecule has 8 aromatic carbocycles. The number of fused-ring (bicyclic) bond motifs is 5. The minimum absolute atomic E-state index is 0.172. The van der Waals surface area contributed by atoms with Gasteiger partial charge in [0.15, 0.2) is 0 Å². The van der Waals surface area contributed by atoms with Gasteiger partial charge in [-0.3, -0.25) is 0 Å². The summed E-state index contributed by atoms with van der Waals surface area (Å²) in [5.41, 5.74) is 0.760. The molecule has 210 valence electrons. The second-order valence-corrected chi connectivity index (χ2v) is 10.4. The molecule has 1 heteroatoms. The first-order valence-corrected chi connectivity index (χ1v) is 14.1. The Balaban J connectivity index is 1.48. The van der Waals surface area contributed by atoms with Crippen LogP contribution in [0.4, 0.5) is 0 Å². The highest BCUT2D eigenvalue weighted by Gasteiger charge is 2.17. The monoisotopic (exact) mass is 589 g/mol. The third kappa shape index (κ3) is 4.17. The van der Waals surface area contributed by atoms with Crippen LogP contribution in [0.3, 0.4) is 0 Å². The summed E-state index contributed by atoms with van der Waals surface area (Å²) in [6.45, 7) is 0. The summed E-state index contributed by atoms with van der Waals surface area (Å²) in [5.74, 6) is 0. The van der Waals surface area contributed by atoms with Gasteiger partial charge in [0.2, 0.25) is 0 Å². The molecule has 1 heterocycles. The molecule has 0 bridgehead atoms. The lowest BCUT2D eigenvalue weighted by Gasteiger charge is -2.18. The molecule has 45 heavy (non-hydrogen) atoms. The van der Waals surface area contributed by atoms with Crippen LogP contribution in [-0.4, -0.2) is 0 Å². The van der Waals surface area contributed by atoms with Gasteiger partial charge in [-0.2, -0.15) is 0 Å². The van der Waals surface area contributed by atoms with Crippen LogP contribution in [-0.2, 0) is 0 Å². The van der Waals surface area contributed by atoms with Gasteiger partial charge in [-0.1, -0.05) is 151 Å². The highest BCUT2D eigenvalue weighted by atomic mass is 16.3. The third-order valence-electron chi connectivity index (χ3n) is 7.87. The van der Waals surface area contributed by atoms with Crippen molar-refractivity contribution >= 4 is 43.5 Å². The fourth-order valence-corrected chi connectivity index (χ4v) is 5.91. The van der Waals surface area contributed by atoms with Crippen molar-refractivity contribution in [3.05, 3.63) is 169 Å². The Kier molecular flexibility index (Phi) is 3.18. The van der Waals surface area contributed by atoms with Crippen molar-refractivity contribution in [2.45, 2.75) is 0 Å². The number of hydrogen-bond acceptors (Lipinski definition) is 1. The Hall–Kier alpha value is -5.92. The second-order valence-electron chi connectivity index (χ2n) is 10.4. The number of rotatable bonds is 4. The lowest BCUT2D eigenvalue weighted by atomic mass is 9.85. The third-order valence-corrected chi connectivity index (χ3v) is 7.87. The zero-order chi connectivity index (χ0) is 44.5. The molecule has 0 saturated carbocycles. The van der Waals surface area contributed by atoms with Crippen molar-refractivity contribution in [2.24, 2.45) is 0 Å². The van der Waals surface area contributed by atoms with Gasteiger partial charge in [0.25, 0.3) is 0 Å². The molecule has 0 spiro atoms. The average molecular weight is 590 g/mol. The molecule has 0 N–H and O–H groups in total. The molecule has 0 aliphatic carbocycles. The minimum Gasteiger partial charge on any atom is -0.455 e. The lowest BCUT2D eigenvalue weighted by Crippen LogP contribution is -1.91. The number of benzene rings is 8. The minimum atomic E-state index is -0.820. The summed E-state index contributed by atoms with van der Waals surface area (Å²) in [6, 6.07) is 7.02. The zero-order valence-electron chi connectivity index (χ0n) is 40.3. The van der Waals surface area contributed by atoms with E-state index in [2.05, 4.69) is 0 Å². The van der Waals surface area contributed by atoms with E-state index < -0.39 is 147 Å². The normalized spacial score (nSPS) is 16.8. The first kappa shape index (κ1) is 13.8. The summed E-state index contributed by atoms with van der Waals surface area (Å²) in [6.07, 6.45) is 0. The Morgan fingerprint density at radius 1 is 0.400 bits per heavy atom. The van der Waals surface area contributed by atoms with Crippen LogP contribution in [0.5, 0.6) is 0 Å². The first-order chi connectivity index (χ1) is 29.4. The van der Waals surface area contributed by atoms with Crippen molar-refractivity contribution in [1.29, 1.82) is 0 Å². The summed E-state index contributed by atoms with van der Waals surface area (Å²) < 4.78 is 158. The molecule has 0 aliphatic heterocycles. The van der Waals surface area contributed by atoms with Gasteiger partial charge in [0, 0.05) is 16.3 Å². The van der Waals surface area contributed by atoms with E-state index in [4.69, 9.17) is 19.5 Å². The van der Waals surface area contributed by atoms with E-state index >= 15 is 0 Å². The standard InChI is InChI=1S/C44H28O/c1-3-13-29(14-4-1)34-23-12-24-39-40-28-32(25-26-41(40)45-44(34)39)31-17-11-18-33(27-31)43-37-21-9-7-19-35(37)42(30-15-5-2-6-16-30)36-20-8-10-22-38(36)43/h1-28H/i2D,5D,6D,7D,8D,9D,10D,11D,15D,16D,17D,18D,19D,20D,21D,22D,27D. The van der Waals surface area contributed by atoms with Gasteiger partial charge in [0.05, 0.1) is 23.3 Å². The van der Waals surface area contributed by atoms with E-state index in [9.17, 15) is 8.22 Å². The number of furan rings is 1. The molecule has 1 nitrogen and oxygen atoms in total. The van der Waals surface area contributed by atoms with E-state index in [1.54, 1.807) is 18.2 Å². The largest absolute Gasteiger partial charge is 0.455 e. The summed E-state index contributed by atoms with van der Waals surface area (Å²) in [5, 5.41) is -0.708. The van der Waals surface area contributed by atoms with Crippen LogP contribution in [0.2, 0.25) is 0 Å². The SMILES string of the molecule is [2H]c1c([2H])c([2H])c(-c2c3c([2H])c([2H])c([2H])c([2H])c3c(-c3c([2H])c([2H])c([2H])c(-c4ccc5oc6c(-c7ccccc7)cccc6c5c4)c3[2H])c3c([2H])c([2H])c([2H])c([2H])c23)c([2H])c1[2H]. The Bertz CT molecular complexity index is 3380. The fraction of sp³-hybridized carbons (Fsp3) is 0. The van der Waals surface area contributed by atoms with E-state index in [1.807, 2.05) is 48.5 Å². The molecule has 1 aromatic heterocycles. The Labute approximate surface area is 285 Å². The maximum absolute atomic E-state index is 9.78. The van der Waals surface area contributed by atoms with Crippen molar-refractivity contribution < 1.29 is 27.7 Å². The molecular formula is C44H28O. The highest BCUT2D eigenvalue weighted by molar-refractivity contribution is 6.21. The fourth-order valence-electron chi connectivity index (χ4n) is 5.91. The van der Waals surface area contributed by atoms with Gasteiger partial charge in [-0.05, 0) is 78.7 Å². The van der Waals surface area contributed by atoms with Crippen LogP contribution >= 0.6 is 0 Å². The maximum atomic E-state index is 9.78. The molecule has 0 unspecified atom stereocenters. The highest BCUT2D eigenvalue weighted by Crippen LogP contribution is 2.44. The summed E-state index contributed by atoms with van der Waals surface area (Å²) in [7, 11) is 0. The molecule has 0 aliphatic rings. The molecule has 0 saturated heterocycles.